The van der Waals surface area contributed by atoms with Crippen LogP contribution in [0.15, 0.2) is 42.7 Å². The average molecular weight is 271 g/mol. The Labute approximate surface area is 117 Å². The molecule has 0 fully saturated rings. The molecule has 0 atom stereocenters. The highest BCUT2D eigenvalue weighted by molar-refractivity contribution is 6.01. The summed E-state index contributed by atoms with van der Waals surface area (Å²) < 4.78 is 7.02. The summed E-state index contributed by atoms with van der Waals surface area (Å²) in [6, 6.07) is 7.26. The van der Waals surface area contributed by atoms with E-state index in [-0.39, 0.29) is 5.91 Å². The molecule has 0 aliphatic carbocycles. The van der Waals surface area contributed by atoms with E-state index < -0.39 is 0 Å². The zero-order valence-electron chi connectivity index (χ0n) is 11.5. The molecule has 20 heavy (non-hydrogen) atoms. The third-order valence-corrected chi connectivity index (χ3v) is 2.58. The van der Waals surface area contributed by atoms with Gasteiger partial charge < -0.3 is 10.1 Å². The van der Waals surface area contributed by atoms with Crippen molar-refractivity contribution < 1.29 is 9.53 Å². The van der Waals surface area contributed by atoms with E-state index in [9.17, 15) is 4.79 Å². The first-order chi connectivity index (χ1) is 9.67. The van der Waals surface area contributed by atoms with Gasteiger partial charge in [-0.1, -0.05) is 0 Å². The van der Waals surface area contributed by atoms with Crippen LogP contribution in [0.25, 0.3) is 6.08 Å². The van der Waals surface area contributed by atoms with Gasteiger partial charge in [-0.25, -0.2) is 0 Å². The quantitative estimate of drug-likeness (QED) is 0.850. The Morgan fingerprint density at radius 3 is 2.75 bits per heavy atom. The van der Waals surface area contributed by atoms with Crippen molar-refractivity contribution in [3.63, 3.8) is 0 Å². The Morgan fingerprint density at radius 1 is 1.40 bits per heavy atom. The molecule has 0 saturated carbocycles. The van der Waals surface area contributed by atoms with Crippen LogP contribution in [0.4, 0.5) is 5.69 Å². The van der Waals surface area contributed by atoms with Crippen molar-refractivity contribution in [3.8, 4) is 5.75 Å². The Hall–Kier alpha value is -2.56. The molecular weight excluding hydrogens is 254 g/mol. The van der Waals surface area contributed by atoms with Crippen LogP contribution in [0.1, 0.15) is 12.5 Å². The first-order valence-electron chi connectivity index (χ1n) is 6.38. The van der Waals surface area contributed by atoms with Crippen LogP contribution in [0.3, 0.4) is 0 Å². The normalized spacial score (nSPS) is 10.7. The largest absolute Gasteiger partial charge is 0.494 e. The van der Waals surface area contributed by atoms with Crippen molar-refractivity contribution in [1.82, 2.24) is 9.78 Å². The van der Waals surface area contributed by atoms with E-state index in [0.717, 1.165) is 17.0 Å². The number of ether oxygens (including phenoxy) is 1. The van der Waals surface area contributed by atoms with Gasteiger partial charge in [0.2, 0.25) is 5.91 Å². The number of carbonyl (C=O) groups is 1. The Morgan fingerprint density at radius 2 is 2.15 bits per heavy atom. The summed E-state index contributed by atoms with van der Waals surface area (Å²) in [5.41, 5.74) is 1.61. The zero-order valence-corrected chi connectivity index (χ0v) is 11.5. The van der Waals surface area contributed by atoms with Gasteiger partial charge in [-0.05, 0) is 37.3 Å². The molecule has 0 aliphatic heterocycles. The number of nitrogens with zero attached hydrogens (tertiary/aromatic N) is 2. The molecule has 1 amide bonds. The molecule has 1 aromatic carbocycles. The monoisotopic (exact) mass is 271 g/mol. The molecule has 0 radical (unpaired) electrons. The summed E-state index contributed by atoms with van der Waals surface area (Å²) >= 11 is 0. The van der Waals surface area contributed by atoms with Gasteiger partial charge in [0.05, 0.1) is 12.8 Å². The summed E-state index contributed by atoms with van der Waals surface area (Å²) in [6.07, 6.45) is 6.73. The number of amides is 1. The summed E-state index contributed by atoms with van der Waals surface area (Å²) in [7, 11) is 1.83. The highest BCUT2D eigenvalue weighted by Gasteiger charge is 1.99. The van der Waals surface area contributed by atoms with E-state index in [2.05, 4.69) is 10.4 Å². The minimum absolute atomic E-state index is 0.182. The second-order valence-corrected chi connectivity index (χ2v) is 4.23. The van der Waals surface area contributed by atoms with Gasteiger partial charge in [-0.15, -0.1) is 0 Å². The molecule has 0 bridgehead atoms. The van der Waals surface area contributed by atoms with E-state index in [4.69, 9.17) is 4.74 Å². The predicted molar refractivity (Wildman–Crippen MR) is 78.5 cm³/mol. The second-order valence-electron chi connectivity index (χ2n) is 4.23. The number of hydrogen-bond donors (Lipinski definition) is 1. The number of aromatic nitrogens is 2. The third kappa shape index (κ3) is 3.98. The van der Waals surface area contributed by atoms with E-state index in [1.807, 2.05) is 32.3 Å². The lowest BCUT2D eigenvalue weighted by atomic mass is 10.3. The summed E-state index contributed by atoms with van der Waals surface area (Å²) in [4.78, 5) is 11.7. The van der Waals surface area contributed by atoms with E-state index in [0.29, 0.717) is 6.61 Å². The van der Waals surface area contributed by atoms with Crippen LogP contribution in [0, 0.1) is 0 Å². The molecule has 1 aromatic heterocycles. The van der Waals surface area contributed by atoms with Crippen LogP contribution >= 0.6 is 0 Å². The predicted octanol–water partition coefficient (Wildman–Crippen LogP) is 2.47. The molecule has 0 saturated heterocycles. The molecule has 0 unspecified atom stereocenters. The number of aryl methyl sites for hydroxylation is 1. The van der Waals surface area contributed by atoms with Gasteiger partial charge in [-0.3, -0.25) is 9.48 Å². The van der Waals surface area contributed by atoms with Crippen LogP contribution in [0.5, 0.6) is 5.75 Å². The SMILES string of the molecule is CCOc1ccc(NC(=O)/C=C/c2cnn(C)c2)cc1. The highest BCUT2D eigenvalue weighted by Crippen LogP contribution is 2.15. The van der Waals surface area contributed by atoms with Crippen molar-refractivity contribution in [2.75, 3.05) is 11.9 Å². The molecule has 5 heteroatoms. The molecule has 1 N–H and O–H groups in total. The van der Waals surface area contributed by atoms with Gasteiger partial charge in [0.25, 0.3) is 0 Å². The number of benzene rings is 1. The third-order valence-electron chi connectivity index (χ3n) is 2.58. The Bertz CT molecular complexity index is 600. The number of nitrogens with one attached hydrogen (secondary N) is 1. The number of hydrogen-bond acceptors (Lipinski definition) is 3. The van der Waals surface area contributed by atoms with Crippen molar-refractivity contribution >= 4 is 17.7 Å². The lowest BCUT2D eigenvalue weighted by Crippen LogP contribution is -2.07. The van der Waals surface area contributed by atoms with Crippen molar-refractivity contribution in [1.29, 1.82) is 0 Å². The zero-order chi connectivity index (χ0) is 14.4. The molecule has 1 heterocycles. The molecule has 0 aliphatic rings. The highest BCUT2D eigenvalue weighted by atomic mass is 16.5. The molecule has 0 spiro atoms. The number of carbonyl (C=O) groups excluding carboxylic acids is 1. The van der Waals surface area contributed by atoms with Gasteiger partial charge in [0.15, 0.2) is 0 Å². The van der Waals surface area contributed by atoms with E-state index >= 15 is 0 Å². The number of rotatable bonds is 5. The van der Waals surface area contributed by atoms with Crippen LogP contribution < -0.4 is 10.1 Å². The Kier molecular flexibility index (Phi) is 4.55. The fourth-order valence-electron chi connectivity index (χ4n) is 1.68. The minimum atomic E-state index is -0.182. The summed E-state index contributed by atoms with van der Waals surface area (Å²) in [5, 5.41) is 6.81. The first kappa shape index (κ1) is 13.9. The smallest absolute Gasteiger partial charge is 0.248 e. The van der Waals surface area contributed by atoms with Gasteiger partial charge >= 0.3 is 0 Å². The molecule has 5 nitrogen and oxygen atoms in total. The fourth-order valence-corrected chi connectivity index (χ4v) is 1.68. The van der Waals surface area contributed by atoms with E-state index in [1.54, 1.807) is 29.1 Å². The standard InChI is InChI=1S/C15H17N3O2/c1-3-20-14-7-5-13(6-8-14)17-15(19)9-4-12-10-16-18(2)11-12/h4-11H,3H2,1-2H3,(H,17,19)/b9-4+. The summed E-state index contributed by atoms with van der Waals surface area (Å²) in [6.45, 7) is 2.55. The van der Waals surface area contributed by atoms with Crippen molar-refractivity contribution in [2.24, 2.45) is 7.05 Å². The van der Waals surface area contributed by atoms with Crippen molar-refractivity contribution in [3.05, 3.63) is 48.3 Å². The topological polar surface area (TPSA) is 56.1 Å². The molecule has 2 aromatic rings. The van der Waals surface area contributed by atoms with Gasteiger partial charge in [0.1, 0.15) is 5.75 Å². The summed E-state index contributed by atoms with van der Waals surface area (Å²) in [5.74, 6) is 0.606. The van der Waals surface area contributed by atoms with Gasteiger partial charge in [0, 0.05) is 30.6 Å². The number of anilines is 1. The second kappa shape index (κ2) is 6.56. The van der Waals surface area contributed by atoms with E-state index in [1.165, 1.54) is 6.08 Å². The average Bonchev–Trinajstić information content (AvgIpc) is 2.85. The first-order valence-corrected chi connectivity index (χ1v) is 6.38. The van der Waals surface area contributed by atoms with Crippen LogP contribution in [-0.4, -0.2) is 22.3 Å². The fraction of sp³-hybridized carbons (Fsp3) is 0.200. The van der Waals surface area contributed by atoms with Crippen LogP contribution in [0.2, 0.25) is 0 Å². The van der Waals surface area contributed by atoms with Crippen LogP contribution in [-0.2, 0) is 11.8 Å². The maximum absolute atomic E-state index is 11.7. The Balaban J connectivity index is 1.92. The van der Waals surface area contributed by atoms with Gasteiger partial charge in [-0.2, -0.15) is 5.10 Å². The maximum atomic E-state index is 11.7. The lowest BCUT2D eigenvalue weighted by Gasteiger charge is -2.05. The lowest BCUT2D eigenvalue weighted by molar-refractivity contribution is -0.111. The maximum Gasteiger partial charge on any atom is 0.248 e. The molecular formula is C15H17N3O2. The molecule has 2 rings (SSSR count). The minimum Gasteiger partial charge on any atom is -0.494 e. The van der Waals surface area contributed by atoms with Crippen molar-refractivity contribution in [2.45, 2.75) is 6.92 Å². The molecule has 104 valence electrons.